The first-order valence-electron chi connectivity index (χ1n) is 3.86. The van der Waals surface area contributed by atoms with E-state index in [2.05, 4.69) is 43.0 Å². The van der Waals surface area contributed by atoms with E-state index in [4.69, 9.17) is 0 Å². The summed E-state index contributed by atoms with van der Waals surface area (Å²) >= 11 is -0.722. The number of hydrogen-bond donors (Lipinski definition) is 0. The number of hydrogen-bond acceptors (Lipinski definition) is 0. The average molecular weight is 262 g/mol. The van der Waals surface area contributed by atoms with E-state index in [1.165, 1.54) is 9.99 Å². The molecule has 0 spiro atoms. The van der Waals surface area contributed by atoms with E-state index in [0.29, 0.717) is 0 Å². The third-order valence-electron chi connectivity index (χ3n) is 1.78. The topological polar surface area (TPSA) is 0 Å². The molecule has 1 aromatic carbocycles. The fourth-order valence-electron chi connectivity index (χ4n) is 0.903. The van der Waals surface area contributed by atoms with Gasteiger partial charge in [-0.25, -0.2) is 0 Å². The second kappa shape index (κ2) is 4.10. The van der Waals surface area contributed by atoms with Crippen molar-refractivity contribution in [1.82, 2.24) is 0 Å². The van der Waals surface area contributed by atoms with Gasteiger partial charge in [-0.2, -0.15) is 0 Å². The summed E-state index contributed by atoms with van der Waals surface area (Å²) in [6, 6.07) is 9.03. The maximum atomic E-state index is 2.43. The van der Waals surface area contributed by atoms with Crippen molar-refractivity contribution in [3.8, 4) is 0 Å². The summed E-state index contributed by atoms with van der Waals surface area (Å²) in [6.07, 6.45) is 0. The van der Waals surface area contributed by atoms with Crippen molar-refractivity contribution in [3.05, 3.63) is 33.4 Å². The van der Waals surface area contributed by atoms with Crippen LogP contribution in [0.3, 0.4) is 0 Å². The van der Waals surface area contributed by atoms with E-state index >= 15 is 0 Å². The normalized spacial score (nSPS) is 11.4. The Bertz CT molecular complexity index is 213. The van der Waals surface area contributed by atoms with Gasteiger partial charge in [-0.1, -0.05) is 0 Å². The zero-order valence-electron chi connectivity index (χ0n) is 7.39. The predicted octanol–water partition coefficient (Wildman–Crippen LogP) is 3.32. The van der Waals surface area contributed by atoms with Gasteiger partial charge in [-0.3, -0.25) is 0 Å². The van der Waals surface area contributed by atoms with E-state index in [9.17, 15) is 0 Å². The van der Waals surface area contributed by atoms with Crippen LogP contribution in [0.2, 0.25) is 0 Å². The van der Waals surface area contributed by atoms with E-state index in [0.717, 1.165) is 0 Å². The second-order valence-electron chi connectivity index (χ2n) is 2.65. The van der Waals surface area contributed by atoms with E-state index in [1.54, 1.807) is 3.57 Å². The molecule has 0 saturated carbocycles. The van der Waals surface area contributed by atoms with E-state index < -0.39 is 19.8 Å². The van der Waals surface area contributed by atoms with Gasteiger partial charge in [-0.15, -0.1) is 0 Å². The van der Waals surface area contributed by atoms with Crippen LogP contribution in [0.25, 0.3) is 0 Å². The SMILES string of the molecule is CCI(C)c1ccc(C)cc1. The van der Waals surface area contributed by atoms with Gasteiger partial charge >= 0.3 is 76.4 Å². The molecule has 1 aromatic rings. The molecule has 0 radical (unpaired) electrons. The minimum absolute atomic E-state index is 0.722. The quantitative estimate of drug-likeness (QED) is 0.566. The summed E-state index contributed by atoms with van der Waals surface area (Å²) < 4.78 is 3.00. The molecule has 11 heavy (non-hydrogen) atoms. The molecule has 0 heterocycles. The number of benzene rings is 1. The standard InChI is InChI=1S/C10H15I/c1-4-11(3)10-7-5-9(2)6-8-10/h5-8H,4H2,1-3H3. The van der Waals surface area contributed by atoms with Crippen LogP contribution in [-0.4, -0.2) is 9.36 Å². The molecule has 0 atom stereocenters. The van der Waals surface area contributed by atoms with Gasteiger partial charge in [0.05, 0.1) is 0 Å². The van der Waals surface area contributed by atoms with Crippen molar-refractivity contribution >= 4 is 19.8 Å². The zero-order chi connectivity index (χ0) is 8.27. The first kappa shape index (κ1) is 9.04. The van der Waals surface area contributed by atoms with Crippen LogP contribution >= 0.6 is 19.8 Å². The van der Waals surface area contributed by atoms with Crippen molar-refractivity contribution in [2.45, 2.75) is 13.8 Å². The molecule has 62 valence electrons. The number of aryl methyl sites for hydroxylation is 1. The fourth-order valence-corrected chi connectivity index (χ4v) is 3.37. The van der Waals surface area contributed by atoms with Crippen LogP contribution in [0.1, 0.15) is 12.5 Å². The molecule has 0 aliphatic carbocycles. The number of rotatable bonds is 2. The molecule has 0 fully saturated rings. The van der Waals surface area contributed by atoms with Gasteiger partial charge in [0.15, 0.2) is 0 Å². The summed E-state index contributed by atoms with van der Waals surface area (Å²) in [5, 5.41) is 0. The molecule has 1 heteroatoms. The van der Waals surface area contributed by atoms with Crippen molar-refractivity contribution < 1.29 is 0 Å². The second-order valence-corrected chi connectivity index (χ2v) is 8.79. The molecule has 0 bridgehead atoms. The summed E-state index contributed by atoms with van der Waals surface area (Å²) in [5.74, 6) is 0. The molecule has 0 saturated heterocycles. The van der Waals surface area contributed by atoms with Gasteiger partial charge in [-0.05, 0) is 0 Å². The Labute approximate surface area is 76.4 Å². The van der Waals surface area contributed by atoms with Crippen molar-refractivity contribution in [1.29, 1.82) is 0 Å². The van der Waals surface area contributed by atoms with Gasteiger partial charge in [0, 0.05) is 0 Å². The Hall–Kier alpha value is -0.0500. The molecule has 0 nitrogen and oxygen atoms in total. The van der Waals surface area contributed by atoms with Crippen LogP contribution in [-0.2, 0) is 0 Å². The monoisotopic (exact) mass is 262 g/mol. The Morgan fingerprint density at radius 2 is 1.73 bits per heavy atom. The molecular weight excluding hydrogens is 247 g/mol. The van der Waals surface area contributed by atoms with Gasteiger partial charge in [0.2, 0.25) is 0 Å². The van der Waals surface area contributed by atoms with Crippen LogP contribution in [0.5, 0.6) is 0 Å². The fraction of sp³-hybridized carbons (Fsp3) is 0.400. The third-order valence-corrected chi connectivity index (χ3v) is 6.92. The molecule has 0 amide bonds. The Balaban J connectivity index is 2.81. The average Bonchev–Trinajstić information content (AvgIpc) is 2.05. The summed E-state index contributed by atoms with van der Waals surface area (Å²) in [5.41, 5.74) is 1.37. The molecular formula is C10H15I. The molecule has 0 aromatic heterocycles. The van der Waals surface area contributed by atoms with Crippen molar-refractivity contribution in [2.24, 2.45) is 0 Å². The van der Waals surface area contributed by atoms with E-state index in [-0.39, 0.29) is 0 Å². The van der Waals surface area contributed by atoms with Gasteiger partial charge in [0.25, 0.3) is 0 Å². The zero-order valence-corrected chi connectivity index (χ0v) is 9.55. The molecule has 0 aliphatic heterocycles. The molecule has 0 aliphatic rings. The first-order valence-corrected chi connectivity index (χ1v) is 8.62. The van der Waals surface area contributed by atoms with E-state index in [1.807, 2.05) is 0 Å². The summed E-state index contributed by atoms with van der Waals surface area (Å²) in [6.45, 7) is 4.44. The maximum absolute atomic E-state index is 2.43. The third kappa shape index (κ3) is 2.47. The van der Waals surface area contributed by atoms with Crippen molar-refractivity contribution in [3.63, 3.8) is 0 Å². The van der Waals surface area contributed by atoms with Crippen LogP contribution in [0, 0.1) is 10.5 Å². The van der Waals surface area contributed by atoms with Crippen molar-refractivity contribution in [2.75, 3.05) is 9.36 Å². The molecule has 0 N–H and O–H groups in total. The Morgan fingerprint density at radius 1 is 1.18 bits per heavy atom. The van der Waals surface area contributed by atoms with Crippen LogP contribution < -0.4 is 0 Å². The molecule has 1 rings (SSSR count). The van der Waals surface area contributed by atoms with Gasteiger partial charge in [0.1, 0.15) is 0 Å². The Morgan fingerprint density at radius 3 is 2.18 bits per heavy atom. The molecule has 0 unspecified atom stereocenters. The first-order chi connectivity index (χ1) is 5.24. The number of alkyl halides is 2. The van der Waals surface area contributed by atoms with Crippen LogP contribution in [0.4, 0.5) is 0 Å². The summed E-state index contributed by atoms with van der Waals surface area (Å²) in [4.78, 5) is 2.43. The van der Waals surface area contributed by atoms with Gasteiger partial charge < -0.3 is 0 Å². The predicted molar refractivity (Wildman–Crippen MR) is 60.4 cm³/mol. The Kier molecular flexibility index (Phi) is 3.37. The van der Waals surface area contributed by atoms with Crippen LogP contribution in [0.15, 0.2) is 24.3 Å². The summed E-state index contributed by atoms with van der Waals surface area (Å²) in [7, 11) is 0. The number of halogens is 1. The minimum atomic E-state index is -0.722.